The highest BCUT2D eigenvalue weighted by Crippen LogP contribution is 2.40. The van der Waals surface area contributed by atoms with E-state index < -0.39 is 10.8 Å². The normalized spacial score (nSPS) is 19.8. The van der Waals surface area contributed by atoms with Crippen LogP contribution in [0, 0.1) is 12.3 Å². The van der Waals surface area contributed by atoms with Gasteiger partial charge in [-0.2, -0.15) is 0 Å². The van der Waals surface area contributed by atoms with Gasteiger partial charge < -0.3 is 0 Å². The number of rotatable bonds is 5. The lowest BCUT2D eigenvalue weighted by Gasteiger charge is -2.36. The van der Waals surface area contributed by atoms with Gasteiger partial charge in [-0.3, -0.25) is 14.5 Å². The fourth-order valence-electron chi connectivity index (χ4n) is 4.18. The summed E-state index contributed by atoms with van der Waals surface area (Å²) in [6.45, 7) is 7.85. The minimum absolute atomic E-state index is 0.0318. The highest BCUT2D eigenvalue weighted by Gasteiger charge is 2.40. The van der Waals surface area contributed by atoms with Gasteiger partial charge in [0.2, 0.25) is 5.91 Å². The molecule has 2 aromatic rings. The summed E-state index contributed by atoms with van der Waals surface area (Å²) >= 11 is 0. The van der Waals surface area contributed by atoms with Crippen molar-refractivity contribution in [3.63, 3.8) is 0 Å². The van der Waals surface area contributed by atoms with E-state index in [-0.39, 0.29) is 5.91 Å². The second-order valence-corrected chi connectivity index (χ2v) is 9.43. The SMILES string of the molecule is Cc1ccc([C@@]2(C/C=C/N(C(=O)C(C)(C)C)c3ccccc3)CCCCC2=O)cc1. The number of ketones is 1. The summed E-state index contributed by atoms with van der Waals surface area (Å²) in [5.41, 5.74) is 2.13. The number of aryl methyl sites for hydroxylation is 1. The molecule has 1 aliphatic carbocycles. The molecule has 0 spiro atoms. The Kier molecular flexibility index (Phi) is 6.60. The van der Waals surface area contributed by atoms with Crippen LogP contribution in [0.2, 0.25) is 0 Å². The summed E-state index contributed by atoms with van der Waals surface area (Å²) in [5, 5.41) is 0. The Labute approximate surface area is 180 Å². The molecule has 30 heavy (non-hydrogen) atoms. The summed E-state index contributed by atoms with van der Waals surface area (Å²) < 4.78 is 0. The van der Waals surface area contributed by atoms with Crippen molar-refractivity contribution in [2.24, 2.45) is 5.41 Å². The summed E-state index contributed by atoms with van der Waals surface area (Å²) in [6.07, 6.45) is 7.99. The molecular formula is C27H33NO2. The second-order valence-electron chi connectivity index (χ2n) is 9.43. The van der Waals surface area contributed by atoms with Gasteiger partial charge in [-0.25, -0.2) is 0 Å². The van der Waals surface area contributed by atoms with Gasteiger partial charge in [0.15, 0.2) is 0 Å². The largest absolute Gasteiger partial charge is 0.299 e. The molecule has 2 aromatic carbocycles. The van der Waals surface area contributed by atoms with Gasteiger partial charge >= 0.3 is 0 Å². The van der Waals surface area contributed by atoms with E-state index in [9.17, 15) is 9.59 Å². The number of anilines is 1. The Morgan fingerprint density at radius 3 is 2.30 bits per heavy atom. The Bertz CT molecular complexity index is 906. The molecule has 158 valence electrons. The highest BCUT2D eigenvalue weighted by atomic mass is 16.2. The molecule has 0 N–H and O–H groups in total. The maximum atomic E-state index is 13.1. The van der Waals surface area contributed by atoms with Crippen molar-refractivity contribution in [3.05, 3.63) is 78.0 Å². The van der Waals surface area contributed by atoms with E-state index in [1.54, 1.807) is 4.90 Å². The van der Waals surface area contributed by atoms with Gasteiger partial charge in [0.05, 0.1) is 5.41 Å². The standard InChI is InChI=1S/C27H33NO2/c1-21-14-16-22(17-15-21)27(18-9-8-13-24(27)29)19-10-20-28(25(30)26(2,3)4)23-11-6-5-7-12-23/h5-7,10-12,14-17,20H,8-9,13,18-19H2,1-4H3/b20-10+/t27-/m0/s1. The molecule has 0 heterocycles. The molecule has 0 aliphatic heterocycles. The number of hydrogen-bond acceptors (Lipinski definition) is 2. The van der Waals surface area contributed by atoms with Crippen molar-refractivity contribution in [2.45, 2.75) is 65.2 Å². The monoisotopic (exact) mass is 403 g/mol. The Balaban J connectivity index is 1.93. The fraction of sp³-hybridized carbons (Fsp3) is 0.407. The molecule has 1 atom stereocenters. The van der Waals surface area contributed by atoms with Crippen LogP contribution in [0.15, 0.2) is 66.9 Å². The third-order valence-electron chi connectivity index (χ3n) is 6.01. The van der Waals surface area contributed by atoms with Crippen LogP contribution in [0.1, 0.15) is 64.0 Å². The van der Waals surface area contributed by atoms with Gasteiger partial charge in [0.25, 0.3) is 0 Å². The highest BCUT2D eigenvalue weighted by molar-refractivity contribution is 5.98. The molecule has 0 aromatic heterocycles. The maximum absolute atomic E-state index is 13.1. The topological polar surface area (TPSA) is 37.4 Å². The Morgan fingerprint density at radius 2 is 1.70 bits per heavy atom. The lowest BCUT2D eigenvalue weighted by atomic mass is 9.66. The minimum atomic E-state index is -0.504. The first-order chi connectivity index (χ1) is 14.2. The molecule has 0 bridgehead atoms. The van der Waals surface area contributed by atoms with Gasteiger partial charge in [-0.15, -0.1) is 0 Å². The third kappa shape index (κ3) is 4.72. The predicted octanol–water partition coefficient (Wildman–Crippen LogP) is 6.36. The van der Waals surface area contributed by atoms with E-state index in [1.807, 2.05) is 63.4 Å². The molecule has 1 amide bonds. The van der Waals surface area contributed by atoms with E-state index in [0.29, 0.717) is 18.6 Å². The number of benzene rings is 2. The zero-order valence-electron chi connectivity index (χ0n) is 18.7. The fourth-order valence-corrected chi connectivity index (χ4v) is 4.18. The smallest absolute Gasteiger partial charge is 0.236 e. The van der Waals surface area contributed by atoms with Crippen molar-refractivity contribution in [3.8, 4) is 0 Å². The zero-order chi connectivity index (χ0) is 21.8. The molecule has 1 saturated carbocycles. The molecule has 0 unspecified atom stereocenters. The van der Waals surface area contributed by atoms with Gasteiger partial charge in [-0.1, -0.05) is 81.3 Å². The van der Waals surface area contributed by atoms with Crippen LogP contribution >= 0.6 is 0 Å². The van der Waals surface area contributed by atoms with Crippen LogP contribution in [0.3, 0.4) is 0 Å². The summed E-state index contributed by atoms with van der Waals surface area (Å²) in [6, 6.07) is 18.1. The van der Waals surface area contributed by atoms with Gasteiger partial charge in [0.1, 0.15) is 5.78 Å². The lowest BCUT2D eigenvalue weighted by Crippen LogP contribution is -2.39. The zero-order valence-corrected chi connectivity index (χ0v) is 18.7. The van der Waals surface area contributed by atoms with E-state index >= 15 is 0 Å². The number of nitrogens with zero attached hydrogens (tertiary/aromatic N) is 1. The first kappa shape index (κ1) is 22.0. The number of hydrogen-bond donors (Lipinski definition) is 0. The lowest BCUT2D eigenvalue weighted by molar-refractivity contribution is -0.126. The number of Topliss-reactive ketones (excluding diaryl/α,β-unsaturated/α-hetero) is 1. The third-order valence-corrected chi connectivity index (χ3v) is 6.01. The number of amides is 1. The first-order valence-electron chi connectivity index (χ1n) is 10.9. The Hall–Kier alpha value is -2.68. The van der Waals surface area contributed by atoms with E-state index in [0.717, 1.165) is 30.5 Å². The average molecular weight is 404 g/mol. The minimum Gasteiger partial charge on any atom is -0.299 e. The molecule has 1 fully saturated rings. The molecule has 0 radical (unpaired) electrons. The van der Waals surface area contributed by atoms with Crippen LogP contribution in [0.5, 0.6) is 0 Å². The van der Waals surface area contributed by atoms with Crippen molar-refractivity contribution in [2.75, 3.05) is 4.90 Å². The number of carbonyl (C=O) groups excluding carboxylic acids is 2. The van der Waals surface area contributed by atoms with Gasteiger partial charge in [-0.05, 0) is 43.9 Å². The van der Waals surface area contributed by atoms with E-state index in [2.05, 4.69) is 31.2 Å². The van der Waals surface area contributed by atoms with Crippen molar-refractivity contribution < 1.29 is 9.59 Å². The molecule has 0 saturated heterocycles. The Morgan fingerprint density at radius 1 is 1.03 bits per heavy atom. The first-order valence-corrected chi connectivity index (χ1v) is 10.9. The number of allylic oxidation sites excluding steroid dienone is 1. The quantitative estimate of drug-likeness (QED) is 0.582. The van der Waals surface area contributed by atoms with Crippen LogP contribution < -0.4 is 4.90 Å². The molecule has 3 nitrogen and oxygen atoms in total. The summed E-state index contributed by atoms with van der Waals surface area (Å²) in [4.78, 5) is 28.0. The molecule has 3 rings (SSSR count). The van der Waals surface area contributed by atoms with Crippen LogP contribution in [0.4, 0.5) is 5.69 Å². The summed E-state index contributed by atoms with van der Waals surface area (Å²) in [5.74, 6) is 0.347. The van der Waals surface area contributed by atoms with Gasteiger partial charge in [0, 0.05) is 23.7 Å². The predicted molar refractivity (Wildman–Crippen MR) is 123 cm³/mol. The second kappa shape index (κ2) is 8.99. The molecule has 1 aliphatic rings. The van der Waals surface area contributed by atoms with E-state index in [1.165, 1.54) is 5.56 Å². The summed E-state index contributed by atoms with van der Waals surface area (Å²) in [7, 11) is 0. The average Bonchev–Trinajstić information content (AvgIpc) is 2.73. The van der Waals surface area contributed by atoms with Crippen LogP contribution in [-0.4, -0.2) is 11.7 Å². The number of carbonyl (C=O) groups is 2. The molecular weight excluding hydrogens is 370 g/mol. The van der Waals surface area contributed by atoms with Crippen LogP contribution in [0.25, 0.3) is 0 Å². The maximum Gasteiger partial charge on any atom is 0.236 e. The van der Waals surface area contributed by atoms with Crippen molar-refractivity contribution in [1.82, 2.24) is 0 Å². The van der Waals surface area contributed by atoms with Crippen molar-refractivity contribution >= 4 is 17.4 Å². The molecule has 3 heteroatoms. The van der Waals surface area contributed by atoms with Crippen molar-refractivity contribution in [1.29, 1.82) is 0 Å². The van der Waals surface area contributed by atoms with Crippen LogP contribution in [-0.2, 0) is 15.0 Å². The number of para-hydroxylation sites is 1. The van der Waals surface area contributed by atoms with E-state index in [4.69, 9.17) is 0 Å².